The number of anilines is 2. The number of nitrogens with one attached hydrogen (secondary N) is 2. The topological polar surface area (TPSA) is 90.9 Å². The van der Waals surface area contributed by atoms with Crippen LogP contribution in [-0.4, -0.2) is 25.4 Å². The number of Topliss-reactive ketones (excluding diaryl/α,β-unsaturated/α-hetero) is 1. The Hall–Kier alpha value is -2.06. The van der Waals surface area contributed by atoms with E-state index in [1.54, 1.807) is 12.1 Å². The third-order valence-corrected chi connectivity index (χ3v) is 4.51. The standard InChI is InChI=1S/C16H20N4O/c17-8-11-1-4-14(13(18)7-11)20-10-16(5-6-19-9-16)15(21)12-2-3-12/h1,4,7,12,19-20H,2-3,5-6,9-10,18H2/t16-/m0/s1. The highest BCUT2D eigenvalue weighted by atomic mass is 16.1. The predicted molar refractivity (Wildman–Crippen MR) is 81.7 cm³/mol. The van der Waals surface area contributed by atoms with E-state index >= 15 is 0 Å². The number of hydrogen-bond acceptors (Lipinski definition) is 5. The zero-order valence-electron chi connectivity index (χ0n) is 12.0. The van der Waals surface area contributed by atoms with Crippen molar-refractivity contribution in [2.75, 3.05) is 30.7 Å². The number of carbonyl (C=O) groups is 1. The van der Waals surface area contributed by atoms with E-state index in [1.165, 1.54) is 0 Å². The Labute approximate surface area is 124 Å². The summed E-state index contributed by atoms with van der Waals surface area (Å²) >= 11 is 0. The van der Waals surface area contributed by atoms with Crippen LogP contribution in [0, 0.1) is 22.7 Å². The minimum atomic E-state index is -0.304. The van der Waals surface area contributed by atoms with Crippen LogP contribution < -0.4 is 16.4 Å². The Balaban J connectivity index is 1.73. The van der Waals surface area contributed by atoms with Crippen LogP contribution in [0.2, 0.25) is 0 Å². The third-order valence-electron chi connectivity index (χ3n) is 4.51. The zero-order valence-corrected chi connectivity index (χ0v) is 12.0. The molecule has 1 saturated carbocycles. The first-order valence-electron chi connectivity index (χ1n) is 7.43. The van der Waals surface area contributed by atoms with Crippen molar-refractivity contribution in [1.29, 1.82) is 5.26 Å². The molecule has 1 aliphatic heterocycles. The normalized spacial score (nSPS) is 24.5. The lowest BCUT2D eigenvalue weighted by Gasteiger charge is -2.28. The SMILES string of the molecule is N#Cc1ccc(NC[C@]2(C(=O)C3CC3)CCNC2)c(N)c1. The summed E-state index contributed by atoms with van der Waals surface area (Å²) in [6.45, 7) is 2.24. The van der Waals surface area contributed by atoms with Crippen LogP contribution in [0.5, 0.6) is 0 Å². The van der Waals surface area contributed by atoms with Gasteiger partial charge in [0.1, 0.15) is 5.78 Å². The molecule has 2 aliphatic rings. The summed E-state index contributed by atoms with van der Waals surface area (Å²) in [6, 6.07) is 7.27. The minimum absolute atomic E-state index is 0.269. The molecule has 5 heteroatoms. The van der Waals surface area contributed by atoms with E-state index in [4.69, 9.17) is 11.0 Å². The third kappa shape index (κ3) is 2.72. The Kier molecular flexibility index (Phi) is 3.56. The second-order valence-electron chi connectivity index (χ2n) is 6.11. The molecule has 21 heavy (non-hydrogen) atoms. The van der Waals surface area contributed by atoms with Gasteiger partial charge in [0.25, 0.3) is 0 Å². The van der Waals surface area contributed by atoms with Gasteiger partial charge in [-0.3, -0.25) is 4.79 Å². The van der Waals surface area contributed by atoms with E-state index in [0.717, 1.165) is 38.0 Å². The van der Waals surface area contributed by atoms with Gasteiger partial charge in [0.05, 0.1) is 28.4 Å². The van der Waals surface area contributed by atoms with Crippen molar-refractivity contribution >= 4 is 17.2 Å². The molecule has 3 rings (SSSR count). The van der Waals surface area contributed by atoms with E-state index in [0.29, 0.717) is 23.6 Å². The molecule has 1 aromatic carbocycles. The molecule has 1 aromatic rings. The largest absolute Gasteiger partial charge is 0.397 e. The van der Waals surface area contributed by atoms with Gasteiger partial charge < -0.3 is 16.4 Å². The van der Waals surface area contributed by atoms with Gasteiger partial charge in [-0.2, -0.15) is 5.26 Å². The highest BCUT2D eigenvalue weighted by Crippen LogP contribution is 2.40. The highest BCUT2D eigenvalue weighted by molar-refractivity contribution is 5.90. The van der Waals surface area contributed by atoms with E-state index in [1.807, 2.05) is 6.07 Å². The molecule has 0 unspecified atom stereocenters. The van der Waals surface area contributed by atoms with Crippen molar-refractivity contribution in [2.45, 2.75) is 19.3 Å². The van der Waals surface area contributed by atoms with Crippen molar-refractivity contribution in [2.24, 2.45) is 11.3 Å². The summed E-state index contributed by atoms with van der Waals surface area (Å²) in [5.74, 6) is 0.664. The Morgan fingerprint density at radius 2 is 2.33 bits per heavy atom. The number of nitrogens with two attached hydrogens (primary N) is 1. The highest BCUT2D eigenvalue weighted by Gasteiger charge is 2.47. The quantitative estimate of drug-likeness (QED) is 0.713. The molecule has 0 spiro atoms. The van der Waals surface area contributed by atoms with Crippen molar-refractivity contribution < 1.29 is 4.79 Å². The molecule has 110 valence electrons. The summed E-state index contributed by atoms with van der Waals surface area (Å²) in [4.78, 5) is 12.6. The molecule has 5 nitrogen and oxygen atoms in total. The molecule has 1 atom stereocenters. The van der Waals surface area contributed by atoms with Crippen LogP contribution in [-0.2, 0) is 4.79 Å². The molecular weight excluding hydrogens is 264 g/mol. The summed E-state index contributed by atoms with van der Waals surface area (Å²) in [6.07, 6.45) is 2.96. The molecule has 0 bridgehead atoms. The first-order chi connectivity index (χ1) is 10.1. The second kappa shape index (κ2) is 5.38. The number of benzene rings is 1. The molecule has 0 radical (unpaired) electrons. The number of carbonyl (C=O) groups excluding carboxylic acids is 1. The molecule has 0 amide bonds. The van der Waals surface area contributed by atoms with Gasteiger partial charge in [-0.25, -0.2) is 0 Å². The van der Waals surface area contributed by atoms with Gasteiger partial charge in [0, 0.05) is 19.0 Å². The summed E-state index contributed by atoms with van der Waals surface area (Å²) in [5, 5.41) is 15.5. The number of nitriles is 1. The summed E-state index contributed by atoms with van der Waals surface area (Å²) in [5.41, 5.74) is 7.55. The first kappa shape index (κ1) is 13.9. The van der Waals surface area contributed by atoms with Gasteiger partial charge in [0.15, 0.2) is 0 Å². The number of hydrogen-bond donors (Lipinski definition) is 3. The zero-order chi connectivity index (χ0) is 14.9. The Morgan fingerprint density at radius 1 is 1.52 bits per heavy atom. The van der Waals surface area contributed by atoms with E-state index in [9.17, 15) is 4.79 Å². The van der Waals surface area contributed by atoms with Crippen molar-refractivity contribution in [3.8, 4) is 6.07 Å². The first-order valence-corrected chi connectivity index (χ1v) is 7.43. The molecule has 1 saturated heterocycles. The molecule has 1 heterocycles. The smallest absolute Gasteiger partial charge is 0.145 e. The maximum atomic E-state index is 12.6. The number of nitrogen functional groups attached to an aromatic ring is 1. The van der Waals surface area contributed by atoms with Crippen LogP contribution in [0.25, 0.3) is 0 Å². The average Bonchev–Trinajstić information content (AvgIpc) is 3.24. The van der Waals surface area contributed by atoms with Gasteiger partial charge in [-0.15, -0.1) is 0 Å². The van der Waals surface area contributed by atoms with Crippen LogP contribution in [0.1, 0.15) is 24.8 Å². The molecule has 0 aromatic heterocycles. The lowest BCUT2D eigenvalue weighted by Crippen LogP contribution is -2.41. The monoisotopic (exact) mass is 284 g/mol. The molecule has 2 fully saturated rings. The average molecular weight is 284 g/mol. The van der Waals surface area contributed by atoms with Gasteiger partial charge >= 0.3 is 0 Å². The number of nitrogens with zero attached hydrogens (tertiary/aromatic N) is 1. The lowest BCUT2D eigenvalue weighted by atomic mass is 9.80. The van der Waals surface area contributed by atoms with E-state index < -0.39 is 0 Å². The number of rotatable bonds is 5. The predicted octanol–water partition coefficient (Wildman–Crippen LogP) is 1.51. The van der Waals surface area contributed by atoms with Crippen molar-refractivity contribution in [3.05, 3.63) is 23.8 Å². The summed E-state index contributed by atoms with van der Waals surface area (Å²) < 4.78 is 0. The van der Waals surface area contributed by atoms with E-state index in [2.05, 4.69) is 16.7 Å². The van der Waals surface area contributed by atoms with Crippen LogP contribution in [0.3, 0.4) is 0 Å². The molecule has 1 aliphatic carbocycles. The number of ketones is 1. The van der Waals surface area contributed by atoms with E-state index in [-0.39, 0.29) is 11.3 Å². The second-order valence-corrected chi connectivity index (χ2v) is 6.11. The fourth-order valence-corrected chi connectivity index (χ4v) is 3.03. The Bertz CT molecular complexity index is 595. The fourth-order valence-electron chi connectivity index (χ4n) is 3.03. The maximum Gasteiger partial charge on any atom is 0.145 e. The fraction of sp³-hybridized carbons (Fsp3) is 0.500. The van der Waals surface area contributed by atoms with Crippen molar-refractivity contribution in [1.82, 2.24) is 5.32 Å². The summed E-state index contributed by atoms with van der Waals surface area (Å²) in [7, 11) is 0. The van der Waals surface area contributed by atoms with Gasteiger partial charge in [-0.05, 0) is 44.0 Å². The maximum absolute atomic E-state index is 12.6. The minimum Gasteiger partial charge on any atom is -0.397 e. The Morgan fingerprint density at radius 3 is 2.90 bits per heavy atom. The van der Waals surface area contributed by atoms with Crippen LogP contribution in [0.4, 0.5) is 11.4 Å². The van der Waals surface area contributed by atoms with Gasteiger partial charge in [-0.1, -0.05) is 0 Å². The molecule has 4 N–H and O–H groups in total. The van der Waals surface area contributed by atoms with Crippen molar-refractivity contribution in [3.63, 3.8) is 0 Å². The van der Waals surface area contributed by atoms with Crippen LogP contribution in [0.15, 0.2) is 18.2 Å². The van der Waals surface area contributed by atoms with Crippen LogP contribution >= 0.6 is 0 Å². The lowest BCUT2D eigenvalue weighted by molar-refractivity contribution is -0.128. The van der Waals surface area contributed by atoms with Gasteiger partial charge in [0.2, 0.25) is 0 Å². The molecular formula is C16H20N4O.